The Balaban J connectivity index is 1.10. The Morgan fingerprint density at radius 2 is 0.472 bits per heavy atom. The second-order valence-corrected chi connectivity index (χ2v) is 19.7. The predicted octanol–water partition coefficient (Wildman–Crippen LogP) is 20.4. The topological polar surface area (TPSA) is 6.48 Å². The van der Waals surface area contributed by atoms with Gasteiger partial charge in [-0.3, -0.25) is 0 Å². The lowest BCUT2D eigenvalue weighted by Crippen LogP contribution is -2.12. The second-order valence-electron chi connectivity index (χ2n) is 19.7. The van der Waals surface area contributed by atoms with Gasteiger partial charge in [0.15, 0.2) is 0 Å². The van der Waals surface area contributed by atoms with Crippen LogP contribution in [-0.2, 0) is 0 Å². The fraction of sp³-hybridized carbons (Fsp3) is 0.0857. The second kappa shape index (κ2) is 18.9. The molecule has 2 nitrogen and oxygen atoms in total. The molecule has 0 spiro atoms. The van der Waals surface area contributed by atoms with Crippen molar-refractivity contribution in [3.05, 3.63) is 266 Å². The summed E-state index contributed by atoms with van der Waals surface area (Å²) in [4.78, 5) is 4.95. The number of benzene rings is 12. The third kappa shape index (κ3) is 8.15. The largest absolute Gasteiger partial charge is 0.310 e. The quantitative estimate of drug-likeness (QED) is 0.113. The van der Waals surface area contributed by atoms with Gasteiger partial charge in [0, 0.05) is 33.5 Å². The summed E-state index contributed by atoms with van der Waals surface area (Å²) >= 11 is 0. The van der Waals surface area contributed by atoms with Gasteiger partial charge in [-0.15, -0.1) is 0 Å². The van der Waals surface area contributed by atoms with Crippen molar-refractivity contribution in [2.75, 3.05) is 9.80 Å². The average molecular weight is 925 g/mol. The van der Waals surface area contributed by atoms with Crippen LogP contribution < -0.4 is 9.80 Å². The highest BCUT2D eigenvalue weighted by molar-refractivity contribution is 6.29. The summed E-state index contributed by atoms with van der Waals surface area (Å²) in [5.41, 5.74) is 19.0. The summed E-state index contributed by atoms with van der Waals surface area (Å²) in [5, 5.41) is 7.72. The van der Waals surface area contributed by atoms with Crippen LogP contribution in [0.1, 0.15) is 50.7 Å². The molecule has 0 amide bonds. The number of anilines is 6. The predicted molar refractivity (Wildman–Crippen MR) is 309 cm³/mol. The van der Waals surface area contributed by atoms with Crippen molar-refractivity contribution in [2.24, 2.45) is 0 Å². The molecule has 0 fully saturated rings. The third-order valence-corrected chi connectivity index (χ3v) is 14.6. The minimum Gasteiger partial charge on any atom is -0.310 e. The zero-order chi connectivity index (χ0) is 48.7. The molecule has 12 aromatic carbocycles. The van der Waals surface area contributed by atoms with E-state index in [1.54, 1.807) is 0 Å². The summed E-state index contributed by atoms with van der Waals surface area (Å²) in [6, 6.07) is 93.7. The fourth-order valence-electron chi connectivity index (χ4n) is 10.9. The van der Waals surface area contributed by atoms with Crippen LogP contribution in [0.25, 0.3) is 76.8 Å². The van der Waals surface area contributed by atoms with Gasteiger partial charge < -0.3 is 9.80 Å². The molecule has 0 saturated carbocycles. The van der Waals surface area contributed by atoms with Gasteiger partial charge >= 0.3 is 0 Å². The summed E-state index contributed by atoms with van der Waals surface area (Å²) in [6.07, 6.45) is 0. The van der Waals surface area contributed by atoms with Crippen LogP contribution in [0.4, 0.5) is 34.1 Å². The molecule has 346 valence electrons. The molecule has 0 bridgehead atoms. The minimum absolute atomic E-state index is 0.274. The molecule has 0 unspecified atom stereocenters. The standard InChI is InChI=1S/C70H56N2/c1-47(2)63-45-65-67(71(57-33-25-53(26-34-57)49-17-9-5-10-18-49)58-35-27-54(28-36-58)50-19-11-6-12-20-50)44-42-62-64(48(3)4)46-66-68(43-41-61(63)69(66)70(62)65)72(59-37-29-55(30-38-59)51-21-13-7-14-22-51)60-39-31-56(32-40-60)52-23-15-8-16-24-52/h5-48H,1-4H3. The van der Waals surface area contributed by atoms with Crippen LogP contribution in [-0.4, -0.2) is 0 Å². The van der Waals surface area contributed by atoms with Gasteiger partial charge in [-0.2, -0.15) is 0 Å². The van der Waals surface area contributed by atoms with E-state index in [0.29, 0.717) is 0 Å². The van der Waals surface area contributed by atoms with Crippen molar-refractivity contribution in [3.63, 3.8) is 0 Å². The lowest BCUT2D eigenvalue weighted by atomic mass is 9.83. The lowest BCUT2D eigenvalue weighted by molar-refractivity contribution is 0.876. The Hall–Kier alpha value is -8.72. The molecule has 0 radical (unpaired) electrons. The van der Waals surface area contributed by atoms with Gasteiger partial charge in [0.1, 0.15) is 0 Å². The minimum atomic E-state index is 0.274. The molecular formula is C70H56N2. The van der Waals surface area contributed by atoms with Gasteiger partial charge in [0.05, 0.1) is 11.4 Å². The molecule has 0 heterocycles. The SMILES string of the molecule is CC(C)c1cc2c(N(c3ccc(-c4ccccc4)cc3)c3ccc(-c4ccccc4)cc3)ccc3c(C(C)C)cc4c(N(c5ccc(-c6ccccc6)cc5)c5ccc(-c6ccccc6)cc5)ccc1c4c32. The maximum Gasteiger partial charge on any atom is 0.0540 e. The Morgan fingerprint density at radius 1 is 0.236 bits per heavy atom. The van der Waals surface area contributed by atoms with Crippen molar-refractivity contribution >= 4 is 66.4 Å². The molecule has 0 saturated heterocycles. The van der Waals surface area contributed by atoms with Gasteiger partial charge in [0.25, 0.3) is 0 Å². The average Bonchev–Trinajstić information content (AvgIpc) is 3.44. The molecule has 0 aliphatic carbocycles. The molecule has 2 heteroatoms. The van der Waals surface area contributed by atoms with E-state index in [2.05, 4.69) is 292 Å². The van der Waals surface area contributed by atoms with Gasteiger partial charge in [-0.05, 0) is 162 Å². The van der Waals surface area contributed by atoms with Crippen LogP contribution in [0.2, 0.25) is 0 Å². The summed E-state index contributed by atoms with van der Waals surface area (Å²) in [6.45, 7) is 9.37. The number of rotatable bonds is 12. The van der Waals surface area contributed by atoms with Crippen molar-refractivity contribution in [3.8, 4) is 44.5 Å². The Bertz CT molecular complexity index is 3370. The van der Waals surface area contributed by atoms with Crippen LogP contribution in [0.15, 0.2) is 255 Å². The molecule has 12 aromatic rings. The summed E-state index contributed by atoms with van der Waals surface area (Å²) in [5.74, 6) is 0.548. The van der Waals surface area contributed by atoms with Gasteiger partial charge in [-0.1, -0.05) is 210 Å². The van der Waals surface area contributed by atoms with E-state index in [0.717, 1.165) is 34.1 Å². The first-order chi connectivity index (χ1) is 35.4. The van der Waals surface area contributed by atoms with Crippen LogP contribution in [0, 0.1) is 0 Å². The van der Waals surface area contributed by atoms with E-state index in [1.807, 2.05) is 0 Å². The Kier molecular flexibility index (Phi) is 11.7. The Labute approximate surface area is 424 Å². The summed E-state index contributed by atoms with van der Waals surface area (Å²) in [7, 11) is 0. The van der Waals surface area contributed by atoms with E-state index < -0.39 is 0 Å². The van der Waals surface area contributed by atoms with Crippen LogP contribution >= 0.6 is 0 Å². The Morgan fingerprint density at radius 3 is 0.708 bits per heavy atom. The highest BCUT2D eigenvalue weighted by Gasteiger charge is 2.26. The number of nitrogens with zero attached hydrogens (tertiary/aromatic N) is 2. The molecule has 0 aliphatic rings. The van der Waals surface area contributed by atoms with E-state index >= 15 is 0 Å². The smallest absolute Gasteiger partial charge is 0.0540 e. The highest BCUT2D eigenvalue weighted by Crippen LogP contribution is 2.51. The molecular weight excluding hydrogens is 869 g/mol. The maximum absolute atomic E-state index is 2.51. The fourth-order valence-corrected chi connectivity index (χ4v) is 10.9. The van der Waals surface area contributed by atoms with Gasteiger partial charge in [0.2, 0.25) is 0 Å². The first-order valence-corrected chi connectivity index (χ1v) is 25.4. The van der Waals surface area contributed by atoms with Crippen LogP contribution in [0.3, 0.4) is 0 Å². The highest BCUT2D eigenvalue weighted by atomic mass is 15.1. The van der Waals surface area contributed by atoms with E-state index in [1.165, 1.54) is 88.0 Å². The van der Waals surface area contributed by atoms with Crippen molar-refractivity contribution in [1.29, 1.82) is 0 Å². The first kappa shape index (κ1) is 44.5. The molecule has 72 heavy (non-hydrogen) atoms. The normalized spacial score (nSPS) is 11.6. The van der Waals surface area contributed by atoms with Crippen LogP contribution in [0.5, 0.6) is 0 Å². The van der Waals surface area contributed by atoms with Crippen molar-refractivity contribution in [1.82, 2.24) is 0 Å². The number of hydrogen-bond acceptors (Lipinski definition) is 2. The first-order valence-electron chi connectivity index (χ1n) is 25.4. The van der Waals surface area contributed by atoms with Crippen molar-refractivity contribution < 1.29 is 0 Å². The third-order valence-electron chi connectivity index (χ3n) is 14.6. The summed E-state index contributed by atoms with van der Waals surface area (Å²) < 4.78 is 0. The van der Waals surface area contributed by atoms with E-state index in [4.69, 9.17) is 0 Å². The zero-order valence-electron chi connectivity index (χ0n) is 41.3. The number of hydrogen-bond donors (Lipinski definition) is 0. The van der Waals surface area contributed by atoms with Crippen molar-refractivity contribution in [2.45, 2.75) is 39.5 Å². The van der Waals surface area contributed by atoms with Gasteiger partial charge in [-0.25, -0.2) is 0 Å². The monoisotopic (exact) mass is 924 g/mol. The molecule has 0 aromatic heterocycles. The molecule has 0 aliphatic heterocycles. The van der Waals surface area contributed by atoms with E-state index in [-0.39, 0.29) is 11.8 Å². The molecule has 0 atom stereocenters. The molecule has 0 N–H and O–H groups in total. The van der Waals surface area contributed by atoms with E-state index in [9.17, 15) is 0 Å². The maximum atomic E-state index is 2.51. The lowest BCUT2D eigenvalue weighted by Gasteiger charge is -2.31. The molecule has 12 rings (SSSR count). The zero-order valence-corrected chi connectivity index (χ0v) is 41.3.